The number of ether oxygens (including phenoxy) is 3. The molecule has 6 rings (SSSR count). The maximum absolute atomic E-state index is 13.1. The molecule has 12 heteroatoms. The number of nitrogens with zero attached hydrogens (tertiary/aromatic N) is 4. The number of esters is 1. The minimum atomic E-state index is -0.827. The van der Waals surface area contributed by atoms with Gasteiger partial charge in [-0.1, -0.05) is 23.2 Å². The number of fused-ring (bicyclic) bond motifs is 4. The molecule has 0 amide bonds. The van der Waals surface area contributed by atoms with Crippen LogP contribution in [0.2, 0.25) is 15.3 Å². The first kappa shape index (κ1) is 24.2. The van der Waals surface area contributed by atoms with Crippen molar-refractivity contribution in [3.63, 3.8) is 0 Å². The van der Waals surface area contributed by atoms with Gasteiger partial charge in [0.2, 0.25) is 5.28 Å². The fraction of sp³-hybridized carbons (Fsp3) is 0.500. The van der Waals surface area contributed by atoms with Gasteiger partial charge in [-0.05, 0) is 62.6 Å². The third-order valence-corrected chi connectivity index (χ3v) is 8.04. The lowest BCUT2D eigenvalue weighted by Gasteiger charge is -2.24. The quantitative estimate of drug-likeness (QED) is 0.335. The van der Waals surface area contributed by atoms with Crippen molar-refractivity contribution in [3.05, 3.63) is 45.4 Å². The van der Waals surface area contributed by atoms with Gasteiger partial charge in [0.15, 0.2) is 22.8 Å². The van der Waals surface area contributed by atoms with Gasteiger partial charge < -0.3 is 24.1 Å². The summed E-state index contributed by atoms with van der Waals surface area (Å²) in [4.78, 5) is 26.5. The summed E-state index contributed by atoms with van der Waals surface area (Å²) in [5.41, 5.74) is 1.15. The molecule has 5 atom stereocenters. The first-order valence-electron chi connectivity index (χ1n) is 11.8. The number of benzene rings is 1. The van der Waals surface area contributed by atoms with Crippen molar-refractivity contribution in [2.75, 3.05) is 11.9 Å². The maximum Gasteiger partial charge on any atom is 0.315 e. The SMILES string of the molecule is CCOC(=O)[C@@]12C[C@@H]1[C@@H](n1cnc3c(NCc4cc(Cl)ccc4Cl)nc(Cl)nc31)[C@@H]1OC(C)(C)O[C@@H]12. The Bertz CT molecular complexity index is 1380. The van der Waals surface area contributed by atoms with Crippen LogP contribution in [0.15, 0.2) is 24.5 Å². The maximum atomic E-state index is 13.1. The molecule has 2 aromatic heterocycles. The lowest BCUT2D eigenvalue weighted by molar-refractivity contribution is -0.172. The number of halogens is 3. The van der Waals surface area contributed by atoms with E-state index in [9.17, 15) is 4.79 Å². The van der Waals surface area contributed by atoms with Crippen molar-refractivity contribution in [3.8, 4) is 0 Å². The highest BCUT2D eigenvalue weighted by atomic mass is 35.5. The number of carbonyl (C=O) groups excluding carboxylic acids is 1. The van der Waals surface area contributed by atoms with E-state index in [2.05, 4.69) is 20.3 Å². The second kappa shape index (κ2) is 8.43. The zero-order valence-electron chi connectivity index (χ0n) is 19.8. The summed E-state index contributed by atoms with van der Waals surface area (Å²) >= 11 is 18.8. The smallest absolute Gasteiger partial charge is 0.315 e. The molecular weight excluding hydrogens is 529 g/mol. The highest BCUT2D eigenvalue weighted by Crippen LogP contribution is 2.72. The number of aromatic nitrogens is 4. The van der Waals surface area contributed by atoms with Crippen LogP contribution in [0.4, 0.5) is 5.82 Å². The van der Waals surface area contributed by atoms with Crippen molar-refractivity contribution in [1.29, 1.82) is 0 Å². The molecular formula is C24H24Cl3N5O4. The van der Waals surface area contributed by atoms with Crippen LogP contribution in [-0.2, 0) is 25.5 Å². The topological polar surface area (TPSA) is 100 Å². The molecule has 3 heterocycles. The Morgan fingerprint density at radius 1 is 1.25 bits per heavy atom. The number of hydrogen-bond donors (Lipinski definition) is 1. The van der Waals surface area contributed by atoms with Gasteiger partial charge in [0.05, 0.1) is 19.0 Å². The predicted molar refractivity (Wildman–Crippen MR) is 134 cm³/mol. The van der Waals surface area contributed by atoms with E-state index in [0.717, 1.165) is 5.56 Å². The van der Waals surface area contributed by atoms with Gasteiger partial charge in [-0.3, -0.25) is 4.79 Å². The summed E-state index contributed by atoms with van der Waals surface area (Å²) in [6, 6.07) is 5.03. The molecule has 1 aliphatic heterocycles. The highest BCUT2D eigenvalue weighted by molar-refractivity contribution is 6.33. The van der Waals surface area contributed by atoms with E-state index in [-0.39, 0.29) is 29.3 Å². The molecule has 0 bridgehead atoms. The van der Waals surface area contributed by atoms with Gasteiger partial charge in [0.25, 0.3) is 0 Å². The number of hydrogen-bond acceptors (Lipinski definition) is 8. The van der Waals surface area contributed by atoms with E-state index in [1.165, 1.54) is 0 Å². The van der Waals surface area contributed by atoms with Crippen LogP contribution in [0.1, 0.15) is 38.8 Å². The van der Waals surface area contributed by atoms with E-state index >= 15 is 0 Å². The minimum Gasteiger partial charge on any atom is -0.465 e. The van der Waals surface area contributed by atoms with Gasteiger partial charge in [-0.2, -0.15) is 9.97 Å². The van der Waals surface area contributed by atoms with Crippen LogP contribution in [0.5, 0.6) is 0 Å². The summed E-state index contributed by atoms with van der Waals surface area (Å²) in [7, 11) is 0. The Balaban J connectivity index is 1.37. The molecule has 3 aromatic rings. The molecule has 1 aromatic carbocycles. The number of nitrogens with one attached hydrogen (secondary N) is 1. The number of imidazole rings is 1. The molecule has 0 radical (unpaired) electrons. The molecule has 2 aliphatic carbocycles. The fourth-order valence-corrected chi connectivity index (χ4v) is 6.32. The number of rotatable bonds is 6. The molecule has 3 fully saturated rings. The third-order valence-electron chi connectivity index (χ3n) is 7.27. The van der Waals surface area contributed by atoms with Crippen molar-refractivity contribution < 1.29 is 19.0 Å². The second-order valence-electron chi connectivity index (χ2n) is 9.84. The molecule has 9 nitrogen and oxygen atoms in total. The average molecular weight is 553 g/mol. The number of carbonyl (C=O) groups is 1. The van der Waals surface area contributed by atoms with Crippen molar-refractivity contribution in [2.24, 2.45) is 11.3 Å². The summed E-state index contributed by atoms with van der Waals surface area (Å²) in [5, 5.41) is 4.48. The summed E-state index contributed by atoms with van der Waals surface area (Å²) in [5.74, 6) is -0.639. The van der Waals surface area contributed by atoms with Gasteiger partial charge >= 0.3 is 5.97 Å². The Hall–Kier alpha value is -2.17. The van der Waals surface area contributed by atoms with E-state index in [4.69, 9.17) is 49.0 Å². The Labute approximate surface area is 222 Å². The van der Waals surface area contributed by atoms with Crippen LogP contribution >= 0.6 is 34.8 Å². The number of anilines is 1. The van der Waals surface area contributed by atoms with E-state index in [1.807, 2.05) is 18.4 Å². The van der Waals surface area contributed by atoms with Crippen molar-refractivity contribution in [2.45, 2.75) is 57.8 Å². The largest absolute Gasteiger partial charge is 0.465 e. The standard InChI is InChI=1S/C24H24Cl3N5O4/c1-4-34-21(33)24-8-13(24)16(17-18(24)36-23(2,3)35-17)32-10-29-15-19(30-22(27)31-20(15)32)28-9-11-7-12(25)5-6-14(11)26/h5-7,10,13,16-18H,4,8-9H2,1-3H3,(H,28,30,31)/t13-,16-,17+,18+,24+/m1/s1. The van der Waals surface area contributed by atoms with Crippen LogP contribution < -0.4 is 5.32 Å². The van der Waals surface area contributed by atoms with E-state index < -0.39 is 17.3 Å². The van der Waals surface area contributed by atoms with Gasteiger partial charge in [0.1, 0.15) is 17.6 Å². The van der Waals surface area contributed by atoms with Crippen molar-refractivity contribution >= 4 is 57.8 Å². The molecule has 3 aliphatic rings. The van der Waals surface area contributed by atoms with Crippen molar-refractivity contribution in [1.82, 2.24) is 19.5 Å². The zero-order chi connectivity index (χ0) is 25.4. The monoisotopic (exact) mass is 551 g/mol. The summed E-state index contributed by atoms with van der Waals surface area (Å²) in [6.07, 6.45) is 1.56. The Morgan fingerprint density at radius 2 is 2.06 bits per heavy atom. The second-order valence-corrected chi connectivity index (χ2v) is 11.0. The van der Waals surface area contributed by atoms with E-state index in [0.29, 0.717) is 46.6 Å². The van der Waals surface area contributed by atoms with Crippen LogP contribution in [0, 0.1) is 11.3 Å². The first-order chi connectivity index (χ1) is 17.1. The highest BCUT2D eigenvalue weighted by Gasteiger charge is 2.80. The molecule has 0 spiro atoms. The van der Waals surface area contributed by atoms with Gasteiger partial charge in [-0.15, -0.1) is 0 Å². The fourth-order valence-electron chi connectivity index (χ4n) is 5.78. The van der Waals surface area contributed by atoms with Crippen LogP contribution in [0.25, 0.3) is 11.2 Å². The Morgan fingerprint density at radius 3 is 2.83 bits per heavy atom. The lowest BCUT2D eigenvalue weighted by Crippen LogP contribution is -2.36. The normalized spacial score (nSPS) is 29.7. The zero-order valence-corrected chi connectivity index (χ0v) is 22.1. The van der Waals surface area contributed by atoms with Gasteiger partial charge in [0, 0.05) is 22.5 Å². The average Bonchev–Trinajstić information content (AvgIpc) is 3.14. The molecule has 190 valence electrons. The van der Waals surface area contributed by atoms with Crippen LogP contribution in [-0.4, -0.2) is 50.1 Å². The first-order valence-corrected chi connectivity index (χ1v) is 12.9. The molecule has 1 N–H and O–H groups in total. The van der Waals surface area contributed by atoms with Crippen LogP contribution in [0.3, 0.4) is 0 Å². The summed E-state index contributed by atoms with van der Waals surface area (Å²) in [6.45, 7) is 6.18. The molecule has 36 heavy (non-hydrogen) atoms. The van der Waals surface area contributed by atoms with E-state index in [1.54, 1.807) is 31.5 Å². The molecule has 1 saturated heterocycles. The summed E-state index contributed by atoms with van der Waals surface area (Å²) < 4.78 is 19.9. The molecule has 2 saturated carbocycles. The molecule has 0 unspecified atom stereocenters. The Kier molecular flexibility index (Phi) is 5.66. The predicted octanol–water partition coefficient (Wildman–Crippen LogP) is 5.04. The van der Waals surface area contributed by atoms with Gasteiger partial charge in [-0.25, -0.2) is 4.98 Å². The third kappa shape index (κ3) is 3.67. The lowest BCUT2D eigenvalue weighted by atomic mass is 9.99. The minimum absolute atomic E-state index is 0.0320.